The molecule has 88 valence electrons. The Morgan fingerprint density at radius 2 is 2.31 bits per heavy atom. The van der Waals surface area contributed by atoms with E-state index in [-0.39, 0.29) is 0 Å². The second kappa shape index (κ2) is 4.93. The molecule has 3 heteroatoms. The Hall–Kier alpha value is -0.930. The van der Waals surface area contributed by atoms with Crippen molar-refractivity contribution < 1.29 is 0 Å². The van der Waals surface area contributed by atoms with Crippen LogP contribution in [0.4, 0.5) is 0 Å². The van der Waals surface area contributed by atoms with Crippen molar-refractivity contribution in [2.45, 2.75) is 19.4 Å². The van der Waals surface area contributed by atoms with Gasteiger partial charge in [-0.1, -0.05) is 6.07 Å². The van der Waals surface area contributed by atoms with Gasteiger partial charge >= 0.3 is 0 Å². The van der Waals surface area contributed by atoms with Crippen LogP contribution < -0.4 is 5.32 Å². The van der Waals surface area contributed by atoms with Crippen LogP contribution in [0.15, 0.2) is 18.3 Å². The fourth-order valence-corrected chi connectivity index (χ4v) is 2.68. The predicted octanol–water partition coefficient (Wildman–Crippen LogP) is 1.60. The number of likely N-dealkylation sites (tertiary alicyclic amines) is 1. The maximum atomic E-state index is 4.41. The monoisotopic (exact) mass is 219 g/mol. The van der Waals surface area contributed by atoms with E-state index in [0.717, 1.165) is 12.2 Å². The molecule has 2 rings (SSSR count). The molecule has 1 aliphatic heterocycles. The van der Waals surface area contributed by atoms with E-state index in [4.69, 9.17) is 0 Å². The van der Waals surface area contributed by atoms with Gasteiger partial charge in [0, 0.05) is 17.9 Å². The molecule has 0 aromatic carbocycles. The summed E-state index contributed by atoms with van der Waals surface area (Å²) in [6.45, 7) is 4.31. The largest absolute Gasteiger partial charge is 0.319 e. The van der Waals surface area contributed by atoms with Gasteiger partial charge < -0.3 is 5.32 Å². The molecule has 1 N–H and O–H groups in total. The van der Waals surface area contributed by atoms with Gasteiger partial charge in [0.1, 0.15) is 0 Å². The fourth-order valence-electron chi connectivity index (χ4n) is 2.68. The van der Waals surface area contributed by atoms with Crippen LogP contribution in [0, 0.1) is 12.8 Å². The maximum Gasteiger partial charge on any atom is 0.0401 e. The van der Waals surface area contributed by atoms with Crippen LogP contribution in [0.1, 0.15) is 23.7 Å². The van der Waals surface area contributed by atoms with Gasteiger partial charge in [0.25, 0.3) is 0 Å². The number of nitrogens with one attached hydrogen (secondary N) is 1. The third kappa shape index (κ3) is 2.25. The van der Waals surface area contributed by atoms with E-state index >= 15 is 0 Å². The third-order valence-corrected chi connectivity index (χ3v) is 3.52. The zero-order valence-corrected chi connectivity index (χ0v) is 10.4. The Bertz CT molecular complexity index is 332. The van der Waals surface area contributed by atoms with E-state index < -0.39 is 0 Å². The standard InChI is InChI=1S/C13H21N3/c1-10-4-5-11(9-15-10)13-12(8-14-2)6-7-16(13)3/h4-5,9,12-14H,6-8H2,1-3H3. The molecule has 0 aliphatic carbocycles. The summed E-state index contributed by atoms with van der Waals surface area (Å²) in [5.41, 5.74) is 2.44. The molecule has 2 heterocycles. The van der Waals surface area contributed by atoms with Gasteiger partial charge in [-0.05, 0) is 58.1 Å². The summed E-state index contributed by atoms with van der Waals surface area (Å²) in [4.78, 5) is 6.84. The van der Waals surface area contributed by atoms with Crippen LogP contribution in [0.25, 0.3) is 0 Å². The highest BCUT2D eigenvalue weighted by atomic mass is 15.2. The van der Waals surface area contributed by atoms with Gasteiger partial charge in [0.05, 0.1) is 0 Å². The van der Waals surface area contributed by atoms with Gasteiger partial charge in [-0.2, -0.15) is 0 Å². The number of nitrogens with zero attached hydrogens (tertiary/aromatic N) is 2. The third-order valence-electron chi connectivity index (χ3n) is 3.52. The van der Waals surface area contributed by atoms with E-state index in [1.54, 1.807) is 0 Å². The number of hydrogen-bond acceptors (Lipinski definition) is 3. The zero-order chi connectivity index (χ0) is 11.5. The smallest absolute Gasteiger partial charge is 0.0401 e. The summed E-state index contributed by atoms with van der Waals surface area (Å²) in [7, 11) is 4.24. The predicted molar refractivity (Wildman–Crippen MR) is 66.4 cm³/mol. The Morgan fingerprint density at radius 3 is 2.94 bits per heavy atom. The van der Waals surface area contributed by atoms with Gasteiger partial charge in [-0.25, -0.2) is 0 Å². The molecule has 16 heavy (non-hydrogen) atoms. The van der Waals surface area contributed by atoms with E-state index in [0.29, 0.717) is 12.0 Å². The second-order valence-electron chi connectivity index (χ2n) is 4.76. The first-order valence-corrected chi connectivity index (χ1v) is 5.99. The lowest BCUT2D eigenvalue weighted by molar-refractivity contribution is 0.274. The first-order chi connectivity index (χ1) is 7.72. The van der Waals surface area contributed by atoms with Crippen LogP contribution in [0.5, 0.6) is 0 Å². The zero-order valence-electron chi connectivity index (χ0n) is 10.4. The number of aromatic nitrogens is 1. The topological polar surface area (TPSA) is 28.2 Å². The first-order valence-electron chi connectivity index (χ1n) is 5.99. The van der Waals surface area contributed by atoms with E-state index in [9.17, 15) is 0 Å². The van der Waals surface area contributed by atoms with Crippen LogP contribution in [-0.2, 0) is 0 Å². The van der Waals surface area contributed by atoms with Crippen molar-refractivity contribution in [2.24, 2.45) is 5.92 Å². The quantitative estimate of drug-likeness (QED) is 0.837. The molecule has 0 spiro atoms. The van der Waals surface area contributed by atoms with E-state index in [1.165, 1.54) is 18.5 Å². The molecule has 0 bridgehead atoms. The summed E-state index contributed by atoms with van der Waals surface area (Å²) >= 11 is 0. The van der Waals surface area contributed by atoms with Gasteiger partial charge in [0.15, 0.2) is 0 Å². The van der Waals surface area contributed by atoms with E-state index in [1.807, 2.05) is 20.2 Å². The molecule has 0 saturated carbocycles. The van der Waals surface area contributed by atoms with Crippen LogP contribution in [0.3, 0.4) is 0 Å². The molecule has 2 unspecified atom stereocenters. The molecule has 1 aromatic heterocycles. The Balaban J connectivity index is 2.19. The van der Waals surface area contributed by atoms with Crippen LogP contribution in [-0.4, -0.2) is 37.1 Å². The lowest BCUT2D eigenvalue weighted by Crippen LogP contribution is -2.26. The van der Waals surface area contributed by atoms with Crippen molar-refractivity contribution in [3.05, 3.63) is 29.6 Å². The lowest BCUT2D eigenvalue weighted by Gasteiger charge is -2.25. The minimum atomic E-state index is 0.528. The Morgan fingerprint density at radius 1 is 1.50 bits per heavy atom. The van der Waals surface area contributed by atoms with Crippen molar-refractivity contribution >= 4 is 0 Å². The number of hydrogen-bond donors (Lipinski definition) is 1. The lowest BCUT2D eigenvalue weighted by atomic mass is 9.94. The average Bonchev–Trinajstić information content (AvgIpc) is 2.62. The highest BCUT2D eigenvalue weighted by molar-refractivity contribution is 5.19. The first kappa shape index (κ1) is 11.6. The SMILES string of the molecule is CNCC1CCN(C)C1c1ccc(C)nc1. The molecule has 1 aromatic rings. The summed E-state index contributed by atoms with van der Waals surface area (Å²) < 4.78 is 0. The minimum Gasteiger partial charge on any atom is -0.319 e. The molecule has 2 atom stereocenters. The van der Waals surface area contributed by atoms with Gasteiger partial charge in [-0.3, -0.25) is 9.88 Å². The second-order valence-corrected chi connectivity index (χ2v) is 4.76. The Labute approximate surface area is 97.9 Å². The Kier molecular flexibility index (Phi) is 3.56. The minimum absolute atomic E-state index is 0.528. The van der Waals surface area contributed by atoms with Gasteiger partial charge in [-0.15, -0.1) is 0 Å². The normalized spacial score (nSPS) is 26.2. The van der Waals surface area contributed by atoms with Crippen molar-refractivity contribution in [1.82, 2.24) is 15.2 Å². The molecular weight excluding hydrogens is 198 g/mol. The fraction of sp³-hybridized carbons (Fsp3) is 0.615. The molecule has 1 saturated heterocycles. The molecule has 3 nitrogen and oxygen atoms in total. The van der Waals surface area contributed by atoms with Crippen molar-refractivity contribution in [3.63, 3.8) is 0 Å². The van der Waals surface area contributed by atoms with Crippen molar-refractivity contribution in [1.29, 1.82) is 0 Å². The number of aryl methyl sites for hydroxylation is 1. The highest BCUT2D eigenvalue weighted by Gasteiger charge is 2.32. The number of rotatable bonds is 3. The maximum absolute atomic E-state index is 4.41. The van der Waals surface area contributed by atoms with Crippen LogP contribution in [0.2, 0.25) is 0 Å². The molecule has 1 fully saturated rings. The summed E-state index contributed by atoms with van der Waals surface area (Å²) in [6, 6.07) is 4.86. The summed E-state index contributed by atoms with van der Waals surface area (Å²) in [6.07, 6.45) is 3.31. The van der Waals surface area contributed by atoms with Crippen LogP contribution >= 0.6 is 0 Å². The average molecular weight is 219 g/mol. The number of pyridine rings is 1. The molecular formula is C13H21N3. The highest BCUT2D eigenvalue weighted by Crippen LogP contribution is 2.35. The molecule has 1 aliphatic rings. The molecule has 0 radical (unpaired) electrons. The molecule has 0 amide bonds. The summed E-state index contributed by atoms with van der Waals surface area (Å²) in [5.74, 6) is 0.708. The van der Waals surface area contributed by atoms with Crippen molar-refractivity contribution in [3.8, 4) is 0 Å². The summed E-state index contributed by atoms with van der Waals surface area (Å²) in [5, 5.41) is 3.29. The van der Waals surface area contributed by atoms with Crippen molar-refractivity contribution in [2.75, 3.05) is 27.2 Å². The van der Waals surface area contributed by atoms with E-state index in [2.05, 4.69) is 34.4 Å². The van der Waals surface area contributed by atoms with Gasteiger partial charge in [0.2, 0.25) is 0 Å².